The van der Waals surface area contributed by atoms with Crippen molar-refractivity contribution in [3.8, 4) is 5.88 Å². The number of aryl methyl sites for hydroxylation is 1. The maximum atomic E-state index is 12.4. The van der Waals surface area contributed by atoms with E-state index < -0.39 is 5.92 Å². The number of hydrazine groups is 1. The first kappa shape index (κ1) is 17.7. The number of carbonyl (C=O) groups is 2. The van der Waals surface area contributed by atoms with Crippen molar-refractivity contribution in [2.45, 2.75) is 20.3 Å². The number of nitrogens with one attached hydrogen (secondary N) is 2. The molecule has 0 saturated carbocycles. The minimum atomic E-state index is -0.444. The van der Waals surface area contributed by atoms with Crippen LogP contribution in [-0.4, -0.2) is 35.4 Å². The highest BCUT2D eigenvalue weighted by Crippen LogP contribution is 2.29. The lowest BCUT2D eigenvalue weighted by molar-refractivity contribution is -0.125. The Kier molecular flexibility index (Phi) is 5.01. The van der Waals surface area contributed by atoms with Crippen LogP contribution in [0.1, 0.15) is 17.5 Å². The van der Waals surface area contributed by atoms with E-state index in [9.17, 15) is 9.59 Å². The summed E-state index contributed by atoms with van der Waals surface area (Å²) in [6.45, 7) is 4.32. The second-order valence-electron chi connectivity index (χ2n) is 6.16. The Bertz CT molecular complexity index is 839. The van der Waals surface area contributed by atoms with E-state index in [1.165, 1.54) is 13.3 Å². The lowest BCUT2D eigenvalue weighted by atomic mass is 10.1. The van der Waals surface area contributed by atoms with Crippen molar-refractivity contribution in [2.24, 2.45) is 5.92 Å². The summed E-state index contributed by atoms with van der Waals surface area (Å²) in [6, 6.07) is 7.43. The highest BCUT2D eigenvalue weighted by Gasteiger charge is 2.35. The smallest absolute Gasteiger partial charge is 0.245 e. The van der Waals surface area contributed by atoms with Gasteiger partial charge in [0.15, 0.2) is 0 Å². The van der Waals surface area contributed by atoms with Gasteiger partial charge in [0.2, 0.25) is 23.6 Å². The van der Waals surface area contributed by atoms with Gasteiger partial charge in [-0.2, -0.15) is 4.98 Å². The van der Waals surface area contributed by atoms with Crippen molar-refractivity contribution in [3.05, 3.63) is 41.6 Å². The van der Waals surface area contributed by atoms with Gasteiger partial charge in [-0.3, -0.25) is 20.4 Å². The molecule has 1 fully saturated rings. The Morgan fingerprint density at radius 2 is 2.12 bits per heavy atom. The molecule has 1 aromatic heterocycles. The van der Waals surface area contributed by atoms with Gasteiger partial charge in [0.25, 0.3) is 0 Å². The van der Waals surface area contributed by atoms with Gasteiger partial charge in [-0.1, -0.05) is 12.1 Å². The van der Waals surface area contributed by atoms with Gasteiger partial charge in [0.05, 0.1) is 13.0 Å². The molecule has 2 aromatic rings. The molecule has 3 rings (SSSR count). The first-order valence-electron chi connectivity index (χ1n) is 8.29. The van der Waals surface area contributed by atoms with Gasteiger partial charge in [0.1, 0.15) is 0 Å². The van der Waals surface area contributed by atoms with E-state index in [0.717, 1.165) is 16.8 Å². The van der Waals surface area contributed by atoms with E-state index in [2.05, 4.69) is 20.8 Å². The normalized spacial score (nSPS) is 16.5. The molecule has 0 spiro atoms. The van der Waals surface area contributed by atoms with Crippen LogP contribution >= 0.6 is 0 Å². The third kappa shape index (κ3) is 3.58. The van der Waals surface area contributed by atoms with Gasteiger partial charge in [0, 0.05) is 30.9 Å². The van der Waals surface area contributed by atoms with E-state index in [0.29, 0.717) is 12.4 Å². The number of carbonyl (C=O) groups excluding carboxylic acids is 2. The van der Waals surface area contributed by atoms with Gasteiger partial charge < -0.3 is 9.64 Å². The van der Waals surface area contributed by atoms with Crippen LogP contribution in [0.4, 0.5) is 11.6 Å². The van der Waals surface area contributed by atoms with Crippen LogP contribution in [0.25, 0.3) is 0 Å². The number of anilines is 2. The van der Waals surface area contributed by atoms with Crippen molar-refractivity contribution in [2.75, 3.05) is 24.0 Å². The molecule has 2 heterocycles. The Balaban J connectivity index is 1.64. The Hall–Kier alpha value is -3.16. The van der Waals surface area contributed by atoms with Gasteiger partial charge in [-0.15, -0.1) is 0 Å². The molecule has 0 radical (unpaired) electrons. The fourth-order valence-electron chi connectivity index (χ4n) is 2.88. The van der Waals surface area contributed by atoms with Crippen molar-refractivity contribution in [1.82, 2.24) is 15.4 Å². The van der Waals surface area contributed by atoms with Gasteiger partial charge in [-0.25, -0.2) is 4.98 Å². The molecule has 1 saturated heterocycles. The van der Waals surface area contributed by atoms with Crippen LogP contribution in [0, 0.1) is 19.8 Å². The molecule has 0 aliphatic carbocycles. The molecule has 8 heteroatoms. The van der Waals surface area contributed by atoms with Crippen molar-refractivity contribution < 1.29 is 14.3 Å². The highest BCUT2D eigenvalue weighted by molar-refractivity contribution is 6.01. The second kappa shape index (κ2) is 7.38. The van der Waals surface area contributed by atoms with Crippen LogP contribution in [0.3, 0.4) is 0 Å². The second-order valence-corrected chi connectivity index (χ2v) is 6.16. The van der Waals surface area contributed by atoms with E-state index in [1.54, 1.807) is 11.0 Å². The molecule has 1 aromatic carbocycles. The quantitative estimate of drug-likeness (QED) is 0.791. The Morgan fingerprint density at radius 1 is 1.31 bits per heavy atom. The Labute approximate surface area is 151 Å². The van der Waals surface area contributed by atoms with Crippen LogP contribution in [0.5, 0.6) is 5.88 Å². The van der Waals surface area contributed by atoms with Crippen molar-refractivity contribution in [3.63, 3.8) is 0 Å². The third-order valence-corrected chi connectivity index (χ3v) is 4.50. The van der Waals surface area contributed by atoms with Crippen molar-refractivity contribution >= 4 is 23.5 Å². The summed E-state index contributed by atoms with van der Waals surface area (Å²) in [5.41, 5.74) is 8.23. The molecular weight excluding hydrogens is 334 g/mol. The molecule has 1 aliphatic rings. The summed E-state index contributed by atoms with van der Waals surface area (Å²) in [6.07, 6.45) is 1.68. The van der Waals surface area contributed by atoms with Crippen LogP contribution in [-0.2, 0) is 9.59 Å². The average molecular weight is 355 g/mol. The Morgan fingerprint density at radius 3 is 2.88 bits per heavy atom. The van der Waals surface area contributed by atoms with Crippen LogP contribution in [0.2, 0.25) is 0 Å². The van der Waals surface area contributed by atoms with Crippen LogP contribution < -0.4 is 20.5 Å². The minimum Gasteiger partial charge on any atom is -0.481 e. The number of amides is 2. The molecule has 8 nitrogen and oxygen atoms in total. The predicted octanol–water partition coefficient (Wildman–Crippen LogP) is 1.60. The van der Waals surface area contributed by atoms with E-state index in [1.807, 2.05) is 32.0 Å². The molecule has 2 N–H and O–H groups in total. The number of nitrogens with zero attached hydrogens (tertiary/aromatic N) is 3. The zero-order valence-electron chi connectivity index (χ0n) is 14.9. The highest BCUT2D eigenvalue weighted by atomic mass is 16.5. The summed E-state index contributed by atoms with van der Waals surface area (Å²) in [7, 11) is 1.50. The average Bonchev–Trinajstić information content (AvgIpc) is 3.04. The van der Waals surface area contributed by atoms with Gasteiger partial charge in [-0.05, 0) is 31.0 Å². The number of methoxy groups -OCH3 is 1. The zero-order chi connectivity index (χ0) is 18.7. The molecule has 1 unspecified atom stereocenters. The summed E-state index contributed by atoms with van der Waals surface area (Å²) in [5, 5.41) is 0. The lowest BCUT2D eigenvalue weighted by Gasteiger charge is -2.20. The maximum Gasteiger partial charge on any atom is 0.245 e. The first-order chi connectivity index (χ1) is 12.5. The summed E-state index contributed by atoms with van der Waals surface area (Å²) >= 11 is 0. The molecule has 0 bridgehead atoms. The minimum absolute atomic E-state index is 0.0588. The fourth-order valence-corrected chi connectivity index (χ4v) is 2.88. The van der Waals surface area contributed by atoms with Crippen LogP contribution in [0.15, 0.2) is 30.5 Å². The lowest BCUT2D eigenvalue weighted by Crippen LogP contribution is -2.37. The predicted molar refractivity (Wildman–Crippen MR) is 96.7 cm³/mol. The SMILES string of the molecule is COc1ccnc(NNC(=O)C2CC(=O)N(c3cccc(C)c3C)C2)n1. The number of aromatic nitrogens is 2. The topological polar surface area (TPSA) is 96.4 Å². The number of hydrogen-bond acceptors (Lipinski definition) is 6. The maximum absolute atomic E-state index is 12.4. The first-order valence-corrected chi connectivity index (χ1v) is 8.29. The van der Waals surface area contributed by atoms with E-state index >= 15 is 0 Å². The van der Waals surface area contributed by atoms with Gasteiger partial charge >= 0.3 is 0 Å². The molecule has 1 atom stereocenters. The van der Waals surface area contributed by atoms with E-state index in [4.69, 9.17) is 4.74 Å². The largest absolute Gasteiger partial charge is 0.481 e. The fraction of sp³-hybridized carbons (Fsp3) is 0.333. The summed E-state index contributed by atoms with van der Waals surface area (Å²) < 4.78 is 5.00. The standard InChI is InChI=1S/C18H21N5O3/c1-11-5-4-6-14(12(11)2)23-10-13(9-16(23)24)17(25)21-22-18-19-8-7-15(20-18)26-3/h4-8,13H,9-10H2,1-3H3,(H,21,25)(H,19,20,22). The van der Waals surface area contributed by atoms with E-state index in [-0.39, 0.29) is 24.2 Å². The summed E-state index contributed by atoms with van der Waals surface area (Å²) in [5.74, 6) is -0.183. The number of ether oxygens (including phenoxy) is 1. The number of hydrogen-bond donors (Lipinski definition) is 2. The number of rotatable bonds is 5. The zero-order valence-corrected chi connectivity index (χ0v) is 14.9. The molecule has 1 aliphatic heterocycles. The number of benzene rings is 1. The monoisotopic (exact) mass is 355 g/mol. The molecule has 26 heavy (non-hydrogen) atoms. The molecule has 2 amide bonds. The summed E-state index contributed by atoms with van der Waals surface area (Å²) in [4.78, 5) is 34.5. The molecule has 136 valence electrons. The van der Waals surface area contributed by atoms with Crippen molar-refractivity contribution in [1.29, 1.82) is 0 Å². The third-order valence-electron chi connectivity index (χ3n) is 4.50. The molecular formula is C18H21N5O3.